The van der Waals surface area contributed by atoms with E-state index < -0.39 is 8.07 Å². The molecule has 0 aliphatic rings. The molecule has 0 fully saturated rings. The van der Waals surface area contributed by atoms with E-state index in [0.29, 0.717) is 11.3 Å². The minimum absolute atomic E-state index is 0.134. The summed E-state index contributed by atoms with van der Waals surface area (Å²) < 4.78 is 5.19. The molecule has 0 aromatic heterocycles. The molecule has 1 aromatic carbocycles. The van der Waals surface area contributed by atoms with Crippen molar-refractivity contribution in [3.05, 3.63) is 29.3 Å². The minimum Gasteiger partial charge on any atom is -0.497 e. The second-order valence-corrected chi connectivity index (χ2v) is 9.78. The number of nitrogens with one attached hydrogen (secondary N) is 1. The molecule has 0 saturated heterocycles. The van der Waals surface area contributed by atoms with E-state index in [1.165, 1.54) is 0 Å². The van der Waals surface area contributed by atoms with Crippen LogP contribution in [-0.4, -0.2) is 28.1 Å². The summed E-state index contributed by atoms with van der Waals surface area (Å²) >= 11 is 0. The zero-order chi connectivity index (χ0) is 13.8. The van der Waals surface area contributed by atoms with E-state index in [0.717, 1.165) is 5.56 Å². The van der Waals surface area contributed by atoms with E-state index in [9.17, 15) is 4.79 Å². The van der Waals surface area contributed by atoms with Gasteiger partial charge < -0.3 is 10.1 Å². The molecule has 4 heteroatoms. The summed E-state index contributed by atoms with van der Waals surface area (Å²) in [6.07, 6.45) is 0. The quantitative estimate of drug-likeness (QED) is 0.655. The molecule has 0 unspecified atom stereocenters. The molecular formula is C14H19NO2Si. The van der Waals surface area contributed by atoms with Gasteiger partial charge in [0.2, 0.25) is 0 Å². The van der Waals surface area contributed by atoms with Crippen LogP contribution < -0.4 is 10.1 Å². The van der Waals surface area contributed by atoms with Crippen LogP contribution in [0.2, 0.25) is 19.6 Å². The molecule has 3 nitrogen and oxygen atoms in total. The summed E-state index contributed by atoms with van der Waals surface area (Å²) in [5.74, 6) is 3.65. The van der Waals surface area contributed by atoms with Crippen molar-refractivity contribution in [3.63, 3.8) is 0 Å². The van der Waals surface area contributed by atoms with Gasteiger partial charge in [-0.25, -0.2) is 0 Å². The van der Waals surface area contributed by atoms with Crippen LogP contribution >= 0.6 is 0 Å². The standard InChI is InChI=1S/C14H19NO2Si/c1-15-14(16)12-8-11(6-7-18(3,4)5)9-13(10-12)17-2/h8-10H,1-5H3,(H,15,16). The smallest absolute Gasteiger partial charge is 0.251 e. The van der Waals surface area contributed by atoms with E-state index in [2.05, 4.69) is 36.4 Å². The summed E-state index contributed by atoms with van der Waals surface area (Å²) in [4.78, 5) is 11.6. The van der Waals surface area contributed by atoms with Gasteiger partial charge in [0.15, 0.2) is 0 Å². The van der Waals surface area contributed by atoms with E-state index in [4.69, 9.17) is 4.74 Å². The van der Waals surface area contributed by atoms with Crippen molar-refractivity contribution >= 4 is 14.0 Å². The third kappa shape index (κ3) is 4.26. The van der Waals surface area contributed by atoms with Gasteiger partial charge in [-0.15, -0.1) is 5.54 Å². The van der Waals surface area contributed by atoms with Crippen molar-refractivity contribution in [2.24, 2.45) is 0 Å². The average Bonchev–Trinajstić information content (AvgIpc) is 2.34. The van der Waals surface area contributed by atoms with Crippen molar-refractivity contribution in [2.75, 3.05) is 14.2 Å². The summed E-state index contributed by atoms with van der Waals surface area (Å²) in [7, 11) is 1.77. The van der Waals surface area contributed by atoms with Crippen molar-refractivity contribution < 1.29 is 9.53 Å². The Balaban J connectivity index is 3.19. The van der Waals surface area contributed by atoms with Gasteiger partial charge in [0.1, 0.15) is 13.8 Å². The van der Waals surface area contributed by atoms with E-state index in [1.54, 1.807) is 26.3 Å². The lowest BCUT2D eigenvalue weighted by Crippen LogP contribution is -2.18. The lowest BCUT2D eigenvalue weighted by atomic mass is 10.1. The van der Waals surface area contributed by atoms with Gasteiger partial charge in [-0.05, 0) is 18.2 Å². The Bertz CT molecular complexity index is 507. The van der Waals surface area contributed by atoms with Crippen LogP contribution in [0, 0.1) is 11.5 Å². The molecule has 0 heterocycles. The largest absolute Gasteiger partial charge is 0.497 e. The number of amides is 1. The molecule has 18 heavy (non-hydrogen) atoms. The SMILES string of the molecule is CNC(=O)c1cc(C#C[Si](C)(C)C)cc(OC)c1. The van der Waals surface area contributed by atoms with Gasteiger partial charge >= 0.3 is 0 Å². The van der Waals surface area contributed by atoms with Crippen molar-refractivity contribution in [1.82, 2.24) is 5.32 Å². The van der Waals surface area contributed by atoms with Crippen molar-refractivity contribution in [3.8, 4) is 17.2 Å². The molecule has 1 N–H and O–H groups in total. The first-order valence-electron chi connectivity index (χ1n) is 5.80. The molecule has 0 atom stereocenters. The Kier molecular flexibility index (Phi) is 4.57. The predicted molar refractivity (Wildman–Crippen MR) is 76.6 cm³/mol. The highest BCUT2D eigenvalue weighted by Gasteiger charge is 2.09. The summed E-state index contributed by atoms with van der Waals surface area (Å²) in [5, 5.41) is 2.60. The fourth-order valence-corrected chi connectivity index (χ4v) is 1.84. The molecule has 0 aliphatic carbocycles. The highest BCUT2D eigenvalue weighted by atomic mass is 28.3. The first kappa shape index (κ1) is 14.3. The van der Waals surface area contributed by atoms with Gasteiger partial charge in [-0.3, -0.25) is 4.79 Å². The zero-order valence-electron chi connectivity index (χ0n) is 11.5. The van der Waals surface area contributed by atoms with Gasteiger partial charge in [0.25, 0.3) is 5.91 Å². The molecular weight excluding hydrogens is 242 g/mol. The Morgan fingerprint density at radius 2 is 1.94 bits per heavy atom. The summed E-state index contributed by atoms with van der Waals surface area (Å²) in [6, 6.07) is 5.34. The molecule has 0 spiro atoms. The zero-order valence-corrected chi connectivity index (χ0v) is 12.5. The average molecular weight is 261 g/mol. The topological polar surface area (TPSA) is 38.3 Å². The van der Waals surface area contributed by atoms with Crippen LogP contribution in [0.25, 0.3) is 0 Å². The number of carbonyl (C=O) groups is 1. The van der Waals surface area contributed by atoms with Crippen LogP contribution in [-0.2, 0) is 0 Å². The monoisotopic (exact) mass is 261 g/mol. The minimum atomic E-state index is -1.42. The predicted octanol–water partition coefficient (Wildman–Crippen LogP) is 2.28. The fraction of sp³-hybridized carbons (Fsp3) is 0.357. The maximum atomic E-state index is 11.6. The van der Waals surface area contributed by atoms with Gasteiger partial charge in [-0.1, -0.05) is 25.6 Å². The third-order valence-corrected chi connectivity index (χ3v) is 3.09. The lowest BCUT2D eigenvalue weighted by Gasteiger charge is -2.06. The Morgan fingerprint density at radius 3 is 2.44 bits per heavy atom. The van der Waals surface area contributed by atoms with E-state index in [-0.39, 0.29) is 5.91 Å². The molecule has 0 aliphatic heterocycles. The number of hydrogen-bond donors (Lipinski definition) is 1. The van der Waals surface area contributed by atoms with Crippen LogP contribution in [0.3, 0.4) is 0 Å². The number of methoxy groups -OCH3 is 1. The number of rotatable bonds is 2. The first-order valence-corrected chi connectivity index (χ1v) is 9.30. The Hall–Kier alpha value is -1.73. The molecule has 0 saturated carbocycles. The molecule has 0 radical (unpaired) electrons. The molecule has 96 valence electrons. The maximum Gasteiger partial charge on any atom is 0.251 e. The number of hydrogen-bond acceptors (Lipinski definition) is 2. The molecule has 1 rings (SSSR count). The van der Waals surface area contributed by atoms with E-state index >= 15 is 0 Å². The first-order chi connectivity index (χ1) is 8.35. The highest BCUT2D eigenvalue weighted by molar-refractivity contribution is 6.83. The third-order valence-electron chi connectivity index (χ3n) is 2.21. The molecule has 1 aromatic rings. The summed E-state index contributed by atoms with van der Waals surface area (Å²) in [5.41, 5.74) is 4.66. The van der Waals surface area contributed by atoms with Crippen molar-refractivity contribution in [1.29, 1.82) is 0 Å². The van der Waals surface area contributed by atoms with Crippen LogP contribution in [0.15, 0.2) is 18.2 Å². The van der Waals surface area contributed by atoms with Crippen LogP contribution in [0.5, 0.6) is 5.75 Å². The Labute approximate surface area is 110 Å². The van der Waals surface area contributed by atoms with Crippen molar-refractivity contribution in [2.45, 2.75) is 19.6 Å². The lowest BCUT2D eigenvalue weighted by molar-refractivity contribution is 0.0962. The molecule has 1 amide bonds. The van der Waals surface area contributed by atoms with E-state index in [1.807, 2.05) is 6.07 Å². The normalized spacial score (nSPS) is 10.3. The number of benzene rings is 1. The number of ether oxygens (including phenoxy) is 1. The van der Waals surface area contributed by atoms with Crippen LogP contribution in [0.1, 0.15) is 15.9 Å². The second kappa shape index (κ2) is 5.74. The maximum absolute atomic E-state index is 11.6. The molecule has 0 bridgehead atoms. The summed E-state index contributed by atoms with van der Waals surface area (Å²) in [6.45, 7) is 6.54. The van der Waals surface area contributed by atoms with Gasteiger partial charge in [0.05, 0.1) is 7.11 Å². The van der Waals surface area contributed by atoms with Gasteiger partial charge in [0, 0.05) is 18.2 Å². The van der Waals surface area contributed by atoms with Gasteiger partial charge in [-0.2, -0.15) is 0 Å². The fourth-order valence-electron chi connectivity index (χ4n) is 1.32. The van der Waals surface area contributed by atoms with Crippen LogP contribution in [0.4, 0.5) is 0 Å². The second-order valence-electron chi connectivity index (χ2n) is 5.03. The Morgan fingerprint density at radius 1 is 1.28 bits per heavy atom. The number of carbonyl (C=O) groups excluding carboxylic acids is 1. The highest BCUT2D eigenvalue weighted by Crippen LogP contribution is 2.16.